The third-order valence-corrected chi connectivity index (χ3v) is 4.66. The van der Waals surface area contributed by atoms with Crippen LogP contribution in [0.15, 0.2) is 66.0 Å². The van der Waals surface area contributed by atoms with E-state index in [1.165, 1.54) is 34.2 Å². The molecule has 0 saturated heterocycles. The lowest BCUT2D eigenvalue weighted by atomic mass is 10.1. The molecular weight excluding hydrogens is 306 g/mol. The summed E-state index contributed by atoms with van der Waals surface area (Å²) in [5.74, 6) is -0.259. The van der Waals surface area contributed by atoms with Gasteiger partial charge in [0.25, 0.3) is 0 Å². The lowest BCUT2D eigenvalue weighted by molar-refractivity contribution is 0.404. The van der Waals surface area contributed by atoms with Gasteiger partial charge in [-0.2, -0.15) is 0 Å². The Balaban J connectivity index is 1.75. The van der Waals surface area contributed by atoms with Gasteiger partial charge in [0.05, 0.1) is 5.69 Å². The second-order valence-corrected chi connectivity index (χ2v) is 6.16. The van der Waals surface area contributed by atoms with Gasteiger partial charge in [-0.15, -0.1) is 11.3 Å². The van der Waals surface area contributed by atoms with Crippen molar-refractivity contribution < 1.29 is 10.2 Å². The second kappa shape index (κ2) is 5.41. The number of hydrogen-bond acceptors (Lipinski definition) is 4. The maximum Gasteiger partial charge on any atom is 0.158 e. The van der Waals surface area contributed by atoms with Crippen molar-refractivity contribution in [3.63, 3.8) is 0 Å². The molecule has 0 unspecified atom stereocenters. The van der Waals surface area contributed by atoms with Gasteiger partial charge >= 0.3 is 0 Å². The molecule has 0 amide bonds. The Bertz CT molecular complexity index is 1010. The quantitative estimate of drug-likeness (QED) is 0.509. The summed E-state index contributed by atoms with van der Waals surface area (Å²) in [6.45, 7) is 0. The monoisotopic (exact) mass is 319 g/mol. The number of thiazole rings is 1. The summed E-state index contributed by atoms with van der Waals surface area (Å²) in [7, 11) is 0. The summed E-state index contributed by atoms with van der Waals surface area (Å²) < 4.78 is 0. The summed E-state index contributed by atoms with van der Waals surface area (Å²) >= 11 is 1.51. The normalized spacial score (nSPS) is 11.0. The number of rotatable bonds is 2. The number of aromatic nitrogens is 1. The van der Waals surface area contributed by atoms with E-state index in [4.69, 9.17) is 0 Å². The van der Waals surface area contributed by atoms with Gasteiger partial charge in [-0.1, -0.05) is 36.4 Å². The van der Waals surface area contributed by atoms with Crippen LogP contribution in [-0.4, -0.2) is 15.2 Å². The van der Waals surface area contributed by atoms with Crippen LogP contribution >= 0.6 is 11.3 Å². The van der Waals surface area contributed by atoms with E-state index in [-0.39, 0.29) is 11.5 Å². The Hall–Kier alpha value is -2.85. The molecule has 1 heterocycles. The fourth-order valence-corrected chi connectivity index (χ4v) is 3.37. The maximum absolute atomic E-state index is 9.63. The van der Waals surface area contributed by atoms with Crippen molar-refractivity contribution >= 4 is 22.1 Å². The largest absolute Gasteiger partial charge is 0.504 e. The molecule has 4 aromatic rings. The standard InChI is InChI=1S/C19H13NO2S/c21-17-8-7-15(10-18(17)22)19-20-16(11-23-19)14-6-5-12-3-1-2-4-13(12)9-14/h1-11,21-22H. The summed E-state index contributed by atoms with van der Waals surface area (Å²) in [5.41, 5.74) is 2.76. The minimum atomic E-state index is -0.134. The van der Waals surface area contributed by atoms with Crippen molar-refractivity contribution in [2.75, 3.05) is 0 Å². The lowest BCUT2D eigenvalue weighted by Crippen LogP contribution is -1.81. The second-order valence-electron chi connectivity index (χ2n) is 5.30. The average molecular weight is 319 g/mol. The fourth-order valence-electron chi connectivity index (χ4n) is 2.54. The number of hydrogen-bond donors (Lipinski definition) is 2. The van der Waals surface area contributed by atoms with Crippen molar-refractivity contribution in [3.05, 3.63) is 66.0 Å². The van der Waals surface area contributed by atoms with E-state index in [0.29, 0.717) is 0 Å². The highest BCUT2D eigenvalue weighted by Crippen LogP contribution is 2.34. The van der Waals surface area contributed by atoms with Crippen LogP contribution in [0.3, 0.4) is 0 Å². The van der Waals surface area contributed by atoms with Crippen LogP contribution in [-0.2, 0) is 0 Å². The smallest absolute Gasteiger partial charge is 0.158 e. The molecule has 0 atom stereocenters. The average Bonchev–Trinajstić information content (AvgIpc) is 3.07. The first-order valence-electron chi connectivity index (χ1n) is 7.18. The number of aromatic hydroxyl groups is 2. The lowest BCUT2D eigenvalue weighted by Gasteiger charge is -2.01. The van der Waals surface area contributed by atoms with Gasteiger partial charge < -0.3 is 10.2 Å². The molecule has 2 N–H and O–H groups in total. The van der Waals surface area contributed by atoms with Gasteiger partial charge in [-0.3, -0.25) is 0 Å². The molecule has 4 rings (SSSR count). The molecule has 0 aliphatic carbocycles. The number of phenols is 2. The van der Waals surface area contributed by atoms with Gasteiger partial charge in [0.2, 0.25) is 0 Å². The molecule has 112 valence electrons. The number of nitrogens with zero attached hydrogens (tertiary/aromatic N) is 1. The van der Waals surface area contributed by atoms with E-state index in [0.717, 1.165) is 21.8 Å². The third kappa shape index (κ3) is 2.53. The summed E-state index contributed by atoms with van der Waals surface area (Å²) in [5, 5.41) is 24.2. The van der Waals surface area contributed by atoms with E-state index in [9.17, 15) is 10.2 Å². The van der Waals surface area contributed by atoms with Gasteiger partial charge in [-0.25, -0.2) is 4.98 Å². The van der Waals surface area contributed by atoms with Crippen molar-refractivity contribution in [1.29, 1.82) is 0 Å². The van der Waals surface area contributed by atoms with Gasteiger partial charge in [-0.05, 0) is 35.0 Å². The molecule has 3 nitrogen and oxygen atoms in total. The topological polar surface area (TPSA) is 53.4 Å². The van der Waals surface area contributed by atoms with Crippen LogP contribution in [0.4, 0.5) is 0 Å². The third-order valence-electron chi connectivity index (χ3n) is 3.77. The molecule has 3 aromatic carbocycles. The molecule has 0 aliphatic rings. The van der Waals surface area contributed by atoms with E-state index in [1.807, 2.05) is 17.5 Å². The molecular formula is C19H13NO2S. The SMILES string of the molecule is Oc1ccc(-c2nc(-c3ccc4ccccc4c3)cs2)cc1O. The Morgan fingerprint density at radius 2 is 1.52 bits per heavy atom. The molecule has 4 heteroatoms. The van der Waals surface area contributed by atoms with E-state index >= 15 is 0 Å². The zero-order valence-corrected chi connectivity index (χ0v) is 12.9. The highest BCUT2D eigenvalue weighted by atomic mass is 32.1. The number of phenolic OH excluding ortho intramolecular Hbond substituents is 2. The predicted molar refractivity (Wildman–Crippen MR) is 93.8 cm³/mol. The van der Waals surface area contributed by atoms with Crippen molar-refractivity contribution in [1.82, 2.24) is 4.98 Å². The first-order chi connectivity index (χ1) is 11.2. The molecule has 0 aliphatic heterocycles. The minimum absolute atomic E-state index is 0.125. The molecule has 0 radical (unpaired) electrons. The molecule has 0 bridgehead atoms. The van der Waals surface area contributed by atoms with Crippen LogP contribution in [0.5, 0.6) is 11.5 Å². The summed E-state index contributed by atoms with van der Waals surface area (Å²) in [6, 6.07) is 19.3. The number of fused-ring (bicyclic) bond motifs is 1. The molecule has 0 fully saturated rings. The maximum atomic E-state index is 9.63. The van der Waals surface area contributed by atoms with E-state index in [1.54, 1.807) is 6.07 Å². The Morgan fingerprint density at radius 3 is 2.35 bits per heavy atom. The summed E-state index contributed by atoms with van der Waals surface area (Å²) in [4.78, 5) is 4.65. The van der Waals surface area contributed by atoms with Gasteiger partial charge in [0, 0.05) is 16.5 Å². The highest BCUT2D eigenvalue weighted by molar-refractivity contribution is 7.13. The van der Waals surface area contributed by atoms with Crippen LogP contribution in [0.2, 0.25) is 0 Å². The van der Waals surface area contributed by atoms with Crippen molar-refractivity contribution in [2.45, 2.75) is 0 Å². The Labute approximate surface area is 137 Å². The van der Waals surface area contributed by atoms with E-state index < -0.39 is 0 Å². The Morgan fingerprint density at radius 1 is 0.739 bits per heavy atom. The zero-order chi connectivity index (χ0) is 15.8. The van der Waals surface area contributed by atoms with Crippen molar-refractivity contribution in [2.24, 2.45) is 0 Å². The summed E-state index contributed by atoms with van der Waals surface area (Å²) in [6.07, 6.45) is 0. The number of benzene rings is 3. The van der Waals surface area contributed by atoms with Crippen LogP contribution in [0.25, 0.3) is 32.6 Å². The Kier molecular flexibility index (Phi) is 3.24. The molecule has 0 saturated carbocycles. The minimum Gasteiger partial charge on any atom is -0.504 e. The van der Waals surface area contributed by atoms with Gasteiger partial charge in [0.1, 0.15) is 5.01 Å². The highest BCUT2D eigenvalue weighted by Gasteiger charge is 2.09. The van der Waals surface area contributed by atoms with Crippen molar-refractivity contribution in [3.8, 4) is 33.3 Å². The van der Waals surface area contributed by atoms with Gasteiger partial charge in [0.15, 0.2) is 11.5 Å². The molecule has 1 aromatic heterocycles. The van der Waals surface area contributed by atoms with Crippen LogP contribution in [0.1, 0.15) is 0 Å². The first-order valence-corrected chi connectivity index (χ1v) is 8.06. The van der Waals surface area contributed by atoms with Crippen LogP contribution in [0, 0.1) is 0 Å². The zero-order valence-electron chi connectivity index (χ0n) is 12.1. The first kappa shape index (κ1) is 13.8. The molecule has 0 spiro atoms. The van der Waals surface area contributed by atoms with E-state index in [2.05, 4.69) is 35.3 Å². The predicted octanol–water partition coefficient (Wildman–Crippen LogP) is 5.04. The fraction of sp³-hybridized carbons (Fsp3) is 0. The molecule has 23 heavy (non-hydrogen) atoms. The van der Waals surface area contributed by atoms with Crippen LogP contribution < -0.4 is 0 Å².